The quantitative estimate of drug-likeness (QED) is 0.553. The Kier molecular flexibility index (Phi) is 1.06. The number of hydrogen-bond acceptors (Lipinski definition) is 1. The number of fused-ring (bicyclic) bond motifs is 1. The van der Waals surface area contributed by atoms with Gasteiger partial charge in [0.25, 0.3) is 0 Å². The molecule has 2 heteroatoms. The summed E-state index contributed by atoms with van der Waals surface area (Å²) in [5.41, 5.74) is 2.30. The van der Waals surface area contributed by atoms with Crippen LogP contribution in [0.15, 0.2) is 23.6 Å². The second-order valence-electron chi connectivity index (χ2n) is 2.08. The predicted molar refractivity (Wildman–Crippen MR) is 41.7 cm³/mol. The molecule has 1 aromatic heterocycles. The number of aromatic nitrogens is 1. The molecule has 0 bridgehead atoms. The second-order valence-corrected chi connectivity index (χ2v) is 2.08. The summed E-state index contributed by atoms with van der Waals surface area (Å²) < 4.78 is 0. The third kappa shape index (κ3) is 0.714. The molecule has 0 saturated carbocycles. The minimum atomic E-state index is 1.14. The molecule has 1 N–H and O–H groups in total. The molecule has 0 unspecified atom stereocenters. The third-order valence-corrected chi connectivity index (χ3v) is 1.43. The smallest absolute Gasteiger partial charge is 0.0374 e. The fourth-order valence-electron chi connectivity index (χ4n) is 0.925. The van der Waals surface area contributed by atoms with Crippen molar-refractivity contribution in [2.24, 2.45) is 4.99 Å². The first-order chi connectivity index (χ1) is 4.97. The first kappa shape index (κ1) is 5.27. The van der Waals surface area contributed by atoms with Gasteiger partial charge in [-0.05, 0) is 11.9 Å². The molecule has 0 fully saturated rings. The van der Waals surface area contributed by atoms with Crippen molar-refractivity contribution in [2.75, 3.05) is 0 Å². The van der Waals surface area contributed by atoms with E-state index in [-0.39, 0.29) is 0 Å². The first-order valence-corrected chi connectivity index (χ1v) is 3.09. The van der Waals surface area contributed by atoms with Gasteiger partial charge in [0.15, 0.2) is 0 Å². The molecule has 0 spiro atoms. The van der Waals surface area contributed by atoms with Crippen molar-refractivity contribution in [2.45, 2.75) is 0 Å². The Hall–Kier alpha value is -1.53. The van der Waals surface area contributed by atoms with E-state index < -0.39 is 0 Å². The van der Waals surface area contributed by atoms with Crippen molar-refractivity contribution in [3.05, 3.63) is 29.7 Å². The van der Waals surface area contributed by atoms with Crippen molar-refractivity contribution in [3.63, 3.8) is 0 Å². The lowest BCUT2D eigenvalue weighted by Gasteiger charge is -1.83. The molecular weight excluding hydrogens is 124 g/mol. The Morgan fingerprint density at radius 1 is 1.30 bits per heavy atom. The minimum absolute atomic E-state index is 1.14. The average Bonchev–Trinajstić information content (AvgIpc) is 2.28. The zero-order chi connectivity index (χ0) is 6.81. The highest BCUT2D eigenvalue weighted by Gasteiger charge is 1.95. The highest BCUT2D eigenvalue weighted by atomic mass is 14.7. The average molecular weight is 130 g/mol. The highest BCUT2D eigenvalue weighted by Crippen LogP contribution is 2.11. The van der Waals surface area contributed by atoms with Crippen LogP contribution >= 0.6 is 0 Å². The lowest BCUT2D eigenvalue weighted by molar-refractivity contribution is 1.41. The van der Waals surface area contributed by atoms with Gasteiger partial charge in [-0.15, -0.1) is 0 Å². The van der Waals surface area contributed by atoms with Crippen LogP contribution in [0.25, 0.3) is 12.2 Å². The van der Waals surface area contributed by atoms with E-state index in [1.165, 1.54) is 0 Å². The molecule has 0 aromatic carbocycles. The Labute approximate surface area is 58.6 Å². The standard InChI is InChI=1S/C8H6N2/c1-3-9-4-2-8-6-10-5-7(1)8/h1-3,5-6,10H. The molecule has 0 aliphatic carbocycles. The van der Waals surface area contributed by atoms with Gasteiger partial charge in [0, 0.05) is 35.8 Å². The van der Waals surface area contributed by atoms with Crippen LogP contribution in [-0.4, -0.2) is 10.9 Å². The van der Waals surface area contributed by atoms with Gasteiger partial charge in [-0.3, -0.25) is 0 Å². The van der Waals surface area contributed by atoms with Crippen molar-refractivity contribution in [1.82, 2.24) is 4.98 Å². The van der Waals surface area contributed by atoms with Crippen molar-refractivity contribution >= 4 is 18.0 Å². The van der Waals surface area contributed by atoms with E-state index in [9.17, 15) is 0 Å². The summed E-state index contributed by atoms with van der Waals surface area (Å²) in [5, 5.41) is 0. The molecule has 0 amide bonds. The van der Waals surface area contributed by atoms with Crippen LogP contribution in [0.1, 0.15) is 11.1 Å². The normalized spacial score (nSPS) is 13.2. The zero-order valence-electron chi connectivity index (χ0n) is 5.33. The fourth-order valence-corrected chi connectivity index (χ4v) is 0.925. The lowest BCUT2D eigenvalue weighted by Crippen LogP contribution is -1.67. The van der Waals surface area contributed by atoms with Crippen LogP contribution in [0.3, 0.4) is 0 Å². The molecule has 0 radical (unpaired) electrons. The highest BCUT2D eigenvalue weighted by molar-refractivity contribution is 5.83. The largest absolute Gasteiger partial charge is 0.366 e. The van der Waals surface area contributed by atoms with Crippen molar-refractivity contribution < 1.29 is 0 Å². The van der Waals surface area contributed by atoms with Crippen LogP contribution in [-0.2, 0) is 0 Å². The summed E-state index contributed by atoms with van der Waals surface area (Å²) in [4.78, 5) is 6.86. The van der Waals surface area contributed by atoms with Crippen LogP contribution in [0.2, 0.25) is 0 Å². The maximum absolute atomic E-state index is 3.86. The van der Waals surface area contributed by atoms with E-state index in [4.69, 9.17) is 0 Å². The maximum Gasteiger partial charge on any atom is 0.0374 e. The predicted octanol–water partition coefficient (Wildman–Crippen LogP) is 1.68. The number of H-pyrrole nitrogens is 1. The van der Waals surface area contributed by atoms with E-state index in [0.29, 0.717) is 0 Å². The third-order valence-electron chi connectivity index (χ3n) is 1.43. The van der Waals surface area contributed by atoms with Gasteiger partial charge >= 0.3 is 0 Å². The summed E-state index contributed by atoms with van der Waals surface area (Å²) in [6.45, 7) is 0. The van der Waals surface area contributed by atoms with Gasteiger partial charge in [-0.1, -0.05) is 0 Å². The molecule has 10 heavy (non-hydrogen) atoms. The minimum Gasteiger partial charge on any atom is -0.366 e. The summed E-state index contributed by atoms with van der Waals surface area (Å²) in [7, 11) is 0. The van der Waals surface area contributed by atoms with Crippen LogP contribution in [0, 0.1) is 0 Å². The summed E-state index contributed by atoms with van der Waals surface area (Å²) in [5.74, 6) is 2.78. The molecular formula is C8H6N2. The molecule has 2 rings (SSSR count). The Morgan fingerprint density at radius 3 is 3.20 bits per heavy atom. The molecule has 48 valence electrons. The number of aliphatic imine (C=N–C) groups is 1. The SMILES string of the molecule is C1=Cc2c[nH]cc2C=CN=1. The van der Waals surface area contributed by atoms with E-state index in [0.717, 1.165) is 11.1 Å². The summed E-state index contributed by atoms with van der Waals surface area (Å²) in [6, 6.07) is 0. The van der Waals surface area contributed by atoms with Gasteiger partial charge in [0.2, 0.25) is 0 Å². The zero-order valence-corrected chi connectivity index (χ0v) is 5.33. The molecule has 2 heterocycles. The second kappa shape index (κ2) is 2.01. The number of hydrogen-bond donors (Lipinski definition) is 1. The number of aromatic amines is 1. The van der Waals surface area contributed by atoms with E-state index >= 15 is 0 Å². The van der Waals surface area contributed by atoms with E-state index in [1.807, 2.05) is 24.5 Å². The van der Waals surface area contributed by atoms with Crippen LogP contribution in [0.4, 0.5) is 0 Å². The molecule has 1 aliphatic heterocycles. The van der Waals surface area contributed by atoms with Gasteiger partial charge in [0.1, 0.15) is 0 Å². The molecule has 0 saturated heterocycles. The topological polar surface area (TPSA) is 28.1 Å². The monoisotopic (exact) mass is 130 g/mol. The van der Waals surface area contributed by atoms with Gasteiger partial charge in [-0.2, -0.15) is 0 Å². The Morgan fingerprint density at radius 2 is 2.20 bits per heavy atom. The summed E-state index contributed by atoms with van der Waals surface area (Å²) in [6.07, 6.45) is 9.39. The van der Waals surface area contributed by atoms with E-state index in [2.05, 4.69) is 15.8 Å². The molecule has 1 aromatic rings. The molecule has 0 atom stereocenters. The van der Waals surface area contributed by atoms with Gasteiger partial charge in [-0.25, -0.2) is 4.99 Å². The number of rotatable bonds is 0. The van der Waals surface area contributed by atoms with Crippen LogP contribution in [0.5, 0.6) is 0 Å². The van der Waals surface area contributed by atoms with Gasteiger partial charge < -0.3 is 4.98 Å². The maximum atomic E-state index is 3.86. The molecule has 1 aliphatic rings. The first-order valence-electron chi connectivity index (χ1n) is 3.09. The Bertz CT molecular complexity index is 325. The van der Waals surface area contributed by atoms with Crippen molar-refractivity contribution in [1.29, 1.82) is 0 Å². The molecule has 2 nitrogen and oxygen atoms in total. The summed E-state index contributed by atoms with van der Waals surface area (Å²) >= 11 is 0. The van der Waals surface area contributed by atoms with Gasteiger partial charge in [0.05, 0.1) is 0 Å². The van der Waals surface area contributed by atoms with Crippen molar-refractivity contribution in [3.8, 4) is 0 Å². The van der Waals surface area contributed by atoms with E-state index in [1.54, 1.807) is 6.20 Å². The lowest BCUT2D eigenvalue weighted by atomic mass is 10.2. The Balaban J connectivity index is 2.68. The number of nitrogens with one attached hydrogen (secondary N) is 1. The van der Waals surface area contributed by atoms with Crippen LogP contribution < -0.4 is 0 Å². The number of nitrogens with zero attached hydrogens (tertiary/aromatic N) is 1. The fraction of sp³-hybridized carbons (Fsp3) is 0.